The summed E-state index contributed by atoms with van der Waals surface area (Å²) in [4.78, 5) is 20.8. The van der Waals surface area contributed by atoms with Crippen molar-refractivity contribution < 1.29 is 22.7 Å². The standard InChI is InChI=1S/C7H9N3O6S/c8-4-1-2-5(10(12)13)7(3-4,6(9)11)17(14,15)16/h2,8H,1,3H2,(H2,9,11)(H,14,15,16). The summed E-state index contributed by atoms with van der Waals surface area (Å²) in [6, 6.07) is 0. The fourth-order valence-electron chi connectivity index (χ4n) is 1.63. The third-order valence-electron chi connectivity index (χ3n) is 2.45. The van der Waals surface area contributed by atoms with Gasteiger partial charge in [-0.25, -0.2) is 0 Å². The molecule has 94 valence electrons. The van der Waals surface area contributed by atoms with Crippen LogP contribution in [-0.2, 0) is 14.9 Å². The summed E-state index contributed by atoms with van der Waals surface area (Å²) >= 11 is 0. The molecule has 0 heterocycles. The highest BCUT2D eigenvalue weighted by atomic mass is 32.2. The zero-order chi connectivity index (χ0) is 13.4. The predicted molar refractivity (Wildman–Crippen MR) is 55.5 cm³/mol. The minimum atomic E-state index is -5.14. The number of rotatable bonds is 3. The van der Waals surface area contributed by atoms with E-state index in [4.69, 9.17) is 15.7 Å². The Bertz CT molecular complexity index is 536. The number of nitrogens with one attached hydrogen (secondary N) is 1. The van der Waals surface area contributed by atoms with Gasteiger partial charge in [0.15, 0.2) is 0 Å². The summed E-state index contributed by atoms with van der Waals surface area (Å²) in [6.45, 7) is 0. The number of primary amides is 1. The maximum atomic E-state index is 11.2. The van der Waals surface area contributed by atoms with Crippen molar-refractivity contribution in [2.24, 2.45) is 5.73 Å². The first-order valence-corrected chi connectivity index (χ1v) is 5.75. The van der Waals surface area contributed by atoms with Crippen LogP contribution >= 0.6 is 0 Å². The summed E-state index contributed by atoms with van der Waals surface area (Å²) < 4.78 is 28.6. The van der Waals surface area contributed by atoms with E-state index in [9.17, 15) is 23.3 Å². The normalized spacial score (nSPS) is 25.2. The Morgan fingerprint density at radius 3 is 2.53 bits per heavy atom. The summed E-state index contributed by atoms with van der Waals surface area (Å²) in [6.07, 6.45) is -0.181. The number of carbonyl (C=O) groups excluding carboxylic acids is 1. The van der Waals surface area contributed by atoms with Gasteiger partial charge in [0.1, 0.15) is 0 Å². The number of nitro groups is 1. The third kappa shape index (κ3) is 1.91. The van der Waals surface area contributed by atoms with Gasteiger partial charge in [0.05, 0.1) is 4.92 Å². The van der Waals surface area contributed by atoms with Crippen molar-refractivity contribution in [2.75, 3.05) is 0 Å². The van der Waals surface area contributed by atoms with Crippen molar-refractivity contribution in [1.29, 1.82) is 5.41 Å². The lowest BCUT2D eigenvalue weighted by Crippen LogP contribution is -2.55. The van der Waals surface area contributed by atoms with Crippen LogP contribution in [0.3, 0.4) is 0 Å². The van der Waals surface area contributed by atoms with Crippen LogP contribution in [0.2, 0.25) is 0 Å². The minimum absolute atomic E-state index is 0.166. The van der Waals surface area contributed by atoms with E-state index >= 15 is 0 Å². The maximum Gasteiger partial charge on any atom is 0.291 e. The molecule has 10 heteroatoms. The van der Waals surface area contributed by atoms with Crippen molar-refractivity contribution in [2.45, 2.75) is 17.6 Å². The Morgan fingerprint density at radius 1 is 1.65 bits per heavy atom. The van der Waals surface area contributed by atoms with Gasteiger partial charge in [-0.3, -0.25) is 19.5 Å². The number of carbonyl (C=O) groups is 1. The van der Waals surface area contributed by atoms with E-state index in [0.29, 0.717) is 0 Å². The van der Waals surface area contributed by atoms with Gasteiger partial charge in [-0.05, 0) is 6.08 Å². The summed E-state index contributed by atoms with van der Waals surface area (Å²) in [5.41, 5.74) is 3.60. The van der Waals surface area contributed by atoms with Crippen molar-refractivity contribution >= 4 is 21.7 Å². The minimum Gasteiger partial charge on any atom is -0.368 e. The Hall–Kier alpha value is -1.81. The van der Waals surface area contributed by atoms with Gasteiger partial charge < -0.3 is 11.1 Å². The van der Waals surface area contributed by atoms with E-state index in [1.165, 1.54) is 0 Å². The van der Waals surface area contributed by atoms with Crippen LogP contribution in [0.1, 0.15) is 12.8 Å². The molecule has 1 aliphatic rings. The molecule has 0 fully saturated rings. The summed E-state index contributed by atoms with van der Waals surface area (Å²) in [7, 11) is -5.14. The molecule has 0 aromatic carbocycles. The van der Waals surface area contributed by atoms with Crippen LogP contribution in [0.15, 0.2) is 11.8 Å². The molecule has 0 spiro atoms. The third-order valence-corrected chi connectivity index (χ3v) is 3.89. The smallest absolute Gasteiger partial charge is 0.291 e. The highest BCUT2D eigenvalue weighted by molar-refractivity contribution is 7.88. The average molecular weight is 263 g/mol. The van der Waals surface area contributed by atoms with Crippen LogP contribution in [0, 0.1) is 15.5 Å². The highest BCUT2D eigenvalue weighted by Gasteiger charge is 2.60. The molecule has 1 amide bonds. The van der Waals surface area contributed by atoms with Crippen LogP contribution in [0.25, 0.3) is 0 Å². The van der Waals surface area contributed by atoms with Crippen LogP contribution in [0.4, 0.5) is 0 Å². The molecular weight excluding hydrogens is 254 g/mol. The lowest BCUT2D eigenvalue weighted by atomic mass is 9.89. The zero-order valence-electron chi connectivity index (χ0n) is 8.41. The number of hydrogen-bond donors (Lipinski definition) is 3. The fourth-order valence-corrected chi connectivity index (χ4v) is 2.67. The molecule has 0 radical (unpaired) electrons. The molecule has 4 N–H and O–H groups in total. The fraction of sp³-hybridized carbons (Fsp3) is 0.429. The number of allylic oxidation sites excluding steroid dienone is 1. The molecule has 1 atom stereocenters. The van der Waals surface area contributed by atoms with E-state index in [1.54, 1.807) is 0 Å². The molecule has 17 heavy (non-hydrogen) atoms. The molecule has 9 nitrogen and oxygen atoms in total. The largest absolute Gasteiger partial charge is 0.368 e. The van der Waals surface area contributed by atoms with Gasteiger partial charge in [-0.15, -0.1) is 0 Å². The zero-order valence-corrected chi connectivity index (χ0v) is 9.23. The van der Waals surface area contributed by atoms with Gasteiger partial charge in [-0.1, -0.05) is 0 Å². The summed E-state index contributed by atoms with van der Waals surface area (Å²) in [5.74, 6) is -1.58. The van der Waals surface area contributed by atoms with Crippen molar-refractivity contribution in [1.82, 2.24) is 0 Å². The molecule has 0 saturated carbocycles. The molecule has 1 aliphatic carbocycles. The second-order valence-electron chi connectivity index (χ2n) is 3.50. The maximum absolute atomic E-state index is 11.2. The lowest BCUT2D eigenvalue weighted by Gasteiger charge is -2.27. The van der Waals surface area contributed by atoms with Crippen LogP contribution in [-0.4, -0.2) is 34.3 Å². The molecular formula is C7H9N3O6S. The second-order valence-corrected chi connectivity index (χ2v) is 5.14. The SMILES string of the molecule is N=C1CC=C([N+](=O)[O-])C(C(N)=O)(S(=O)(=O)O)C1. The molecule has 1 unspecified atom stereocenters. The first kappa shape index (κ1) is 13.3. The van der Waals surface area contributed by atoms with E-state index in [0.717, 1.165) is 6.08 Å². The molecule has 0 saturated heterocycles. The van der Waals surface area contributed by atoms with Crippen molar-refractivity contribution in [3.8, 4) is 0 Å². The van der Waals surface area contributed by atoms with Crippen molar-refractivity contribution in [3.05, 3.63) is 21.9 Å². The molecule has 0 aromatic rings. The number of nitrogens with two attached hydrogens (primary N) is 1. The number of nitrogens with zero attached hydrogens (tertiary/aromatic N) is 1. The van der Waals surface area contributed by atoms with Gasteiger partial charge in [-0.2, -0.15) is 8.42 Å². The first-order chi connectivity index (χ1) is 7.63. The Morgan fingerprint density at radius 2 is 2.18 bits per heavy atom. The quantitative estimate of drug-likeness (QED) is 0.338. The second kappa shape index (κ2) is 3.89. The van der Waals surface area contributed by atoms with E-state index in [2.05, 4.69) is 0 Å². The van der Waals surface area contributed by atoms with E-state index in [1.807, 2.05) is 0 Å². The average Bonchev–Trinajstić information content (AvgIpc) is 2.14. The first-order valence-electron chi connectivity index (χ1n) is 4.31. The van der Waals surface area contributed by atoms with Crippen molar-refractivity contribution in [3.63, 3.8) is 0 Å². The molecule has 0 bridgehead atoms. The molecule has 0 aliphatic heterocycles. The van der Waals surface area contributed by atoms with Gasteiger partial charge >= 0.3 is 0 Å². The number of hydrogen-bond acceptors (Lipinski definition) is 6. The van der Waals surface area contributed by atoms with Crippen LogP contribution in [0.5, 0.6) is 0 Å². The highest BCUT2D eigenvalue weighted by Crippen LogP contribution is 2.34. The lowest BCUT2D eigenvalue weighted by molar-refractivity contribution is -0.430. The Labute approximate surface area is 95.7 Å². The topological polar surface area (TPSA) is 164 Å². The van der Waals surface area contributed by atoms with Gasteiger partial charge in [0.2, 0.25) is 0 Å². The van der Waals surface area contributed by atoms with E-state index in [-0.39, 0.29) is 12.1 Å². The number of amides is 1. The monoisotopic (exact) mass is 263 g/mol. The van der Waals surface area contributed by atoms with E-state index < -0.39 is 37.8 Å². The Kier molecular flexibility index (Phi) is 3.03. The predicted octanol–water partition coefficient (Wildman–Crippen LogP) is -0.928. The Balaban J connectivity index is 3.62. The summed E-state index contributed by atoms with van der Waals surface area (Å²) in [5, 5.41) is 18.0. The van der Waals surface area contributed by atoms with Gasteiger partial charge in [0, 0.05) is 18.6 Å². The molecule has 0 aromatic heterocycles. The molecule has 1 rings (SSSR count). The van der Waals surface area contributed by atoms with Crippen LogP contribution < -0.4 is 5.73 Å². The van der Waals surface area contributed by atoms with Gasteiger partial charge in [0.25, 0.3) is 26.5 Å².